The molecule has 1 aromatic carbocycles. The molecular formula is C27H37N3O4S. The van der Waals surface area contributed by atoms with Crippen LogP contribution in [-0.2, 0) is 4.79 Å². The molecule has 3 unspecified atom stereocenters. The number of piperidine rings is 1. The maximum atomic E-state index is 13.7. The molecule has 0 radical (unpaired) electrons. The van der Waals surface area contributed by atoms with E-state index in [1.807, 2.05) is 17.5 Å². The zero-order valence-corrected chi connectivity index (χ0v) is 22.0. The summed E-state index contributed by atoms with van der Waals surface area (Å²) in [5.41, 5.74) is 1.17. The van der Waals surface area contributed by atoms with Gasteiger partial charge in [0.05, 0.1) is 26.2 Å². The molecule has 1 N–H and O–H groups in total. The zero-order chi connectivity index (χ0) is 24.9. The van der Waals surface area contributed by atoms with Crippen molar-refractivity contribution in [1.82, 2.24) is 15.1 Å². The fourth-order valence-electron chi connectivity index (χ4n) is 5.57. The van der Waals surface area contributed by atoms with Gasteiger partial charge in [-0.1, -0.05) is 19.4 Å². The Bertz CT molecular complexity index is 1030. The van der Waals surface area contributed by atoms with E-state index in [2.05, 4.69) is 17.1 Å². The van der Waals surface area contributed by atoms with Gasteiger partial charge in [-0.25, -0.2) is 0 Å². The predicted octanol–water partition coefficient (Wildman–Crippen LogP) is 4.45. The molecule has 0 spiro atoms. The van der Waals surface area contributed by atoms with Crippen molar-refractivity contribution in [3.05, 3.63) is 45.6 Å². The van der Waals surface area contributed by atoms with Crippen LogP contribution in [0.2, 0.25) is 0 Å². The van der Waals surface area contributed by atoms with Crippen molar-refractivity contribution in [2.45, 2.75) is 57.0 Å². The van der Waals surface area contributed by atoms with Gasteiger partial charge in [-0.2, -0.15) is 0 Å². The Hall–Kier alpha value is -2.58. The highest BCUT2D eigenvalue weighted by Crippen LogP contribution is 2.46. The summed E-state index contributed by atoms with van der Waals surface area (Å²) >= 11 is 1.56. The smallest absolute Gasteiger partial charge is 0.254 e. The van der Waals surface area contributed by atoms with E-state index in [1.165, 1.54) is 25.7 Å². The highest BCUT2D eigenvalue weighted by Gasteiger charge is 2.44. The molecule has 190 valence electrons. The number of nitrogens with one attached hydrogen (secondary N) is 1. The van der Waals surface area contributed by atoms with E-state index >= 15 is 0 Å². The summed E-state index contributed by atoms with van der Waals surface area (Å²) in [7, 11) is 4.89. The van der Waals surface area contributed by atoms with Crippen molar-refractivity contribution in [2.75, 3.05) is 40.9 Å². The summed E-state index contributed by atoms with van der Waals surface area (Å²) in [4.78, 5) is 32.3. The minimum atomic E-state index is -0.537. The quantitative estimate of drug-likeness (QED) is 0.517. The molecule has 1 saturated heterocycles. The average molecular weight is 500 g/mol. The molecule has 8 heteroatoms. The van der Waals surface area contributed by atoms with Crippen molar-refractivity contribution < 1.29 is 19.1 Å². The topological polar surface area (TPSA) is 71.1 Å². The summed E-state index contributed by atoms with van der Waals surface area (Å²) in [6.07, 6.45) is 5.94. The van der Waals surface area contributed by atoms with Gasteiger partial charge in [0, 0.05) is 36.6 Å². The second-order valence-corrected chi connectivity index (χ2v) is 10.4. The van der Waals surface area contributed by atoms with Crippen molar-refractivity contribution in [3.63, 3.8) is 0 Å². The first-order chi connectivity index (χ1) is 17.0. The van der Waals surface area contributed by atoms with E-state index in [0.717, 1.165) is 24.4 Å². The van der Waals surface area contributed by atoms with Crippen LogP contribution in [0.25, 0.3) is 0 Å². The summed E-state index contributed by atoms with van der Waals surface area (Å²) in [5, 5.41) is 5.17. The minimum absolute atomic E-state index is 0.0677. The van der Waals surface area contributed by atoms with Crippen LogP contribution in [0, 0.1) is 0 Å². The van der Waals surface area contributed by atoms with Gasteiger partial charge in [0.25, 0.3) is 5.91 Å². The third-order valence-corrected chi connectivity index (χ3v) is 8.38. The number of methoxy groups -OCH3 is 2. The standard InChI is InChI=1S/C27H37N3O4S/c1-5-18-10-6-7-13-30(18)14-9-12-28-26(31)24-19-16-21(33-3)22(34-4)17-20(19)27(32)29(2)25(24)23-11-8-15-35-23/h8,11,15-18,24-25H,5-7,9-10,12-14H2,1-4H3,(H,28,31). The van der Waals surface area contributed by atoms with Gasteiger partial charge in [-0.3, -0.25) is 9.59 Å². The molecule has 2 amide bonds. The zero-order valence-electron chi connectivity index (χ0n) is 21.2. The van der Waals surface area contributed by atoms with Gasteiger partial charge in [0.1, 0.15) is 0 Å². The number of fused-ring (bicyclic) bond motifs is 1. The summed E-state index contributed by atoms with van der Waals surface area (Å²) in [6, 6.07) is 7.73. The van der Waals surface area contributed by atoms with Crippen molar-refractivity contribution in [2.24, 2.45) is 0 Å². The van der Waals surface area contributed by atoms with Crippen LogP contribution < -0.4 is 14.8 Å². The van der Waals surface area contributed by atoms with E-state index in [0.29, 0.717) is 35.2 Å². The Morgan fingerprint density at radius 3 is 2.66 bits per heavy atom. The van der Waals surface area contributed by atoms with E-state index in [4.69, 9.17) is 9.47 Å². The lowest BCUT2D eigenvalue weighted by Crippen LogP contribution is -2.46. The molecule has 0 bridgehead atoms. The Balaban J connectivity index is 1.57. The Kier molecular flexibility index (Phi) is 8.34. The van der Waals surface area contributed by atoms with Gasteiger partial charge in [0.15, 0.2) is 11.5 Å². The maximum Gasteiger partial charge on any atom is 0.254 e. The number of carbonyl (C=O) groups excluding carboxylic acids is 2. The number of hydrogen-bond donors (Lipinski definition) is 1. The molecule has 35 heavy (non-hydrogen) atoms. The molecule has 2 aliphatic rings. The van der Waals surface area contributed by atoms with Gasteiger partial charge >= 0.3 is 0 Å². The third-order valence-electron chi connectivity index (χ3n) is 7.43. The third kappa shape index (κ3) is 5.19. The second kappa shape index (κ2) is 11.4. The lowest BCUT2D eigenvalue weighted by molar-refractivity contribution is -0.124. The van der Waals surface area contributed by atoms with Gasteiger partial charge in [-0.05, 0) is 61.4 Å². The molecule has 7 nitrogen and oxygen atoms in total. The highest BCUT2D eigenvalue weighted by molar-refractivity contribution is 7.10. The van der Waals surface area contributed by atoms with Crippen molar-refractivity contribution in [1.29, 1.82) is 0 Å². The van der Waals surface area contributed by atoms with E-state index in [1.54, 1.807) is 49.6 Å². The van der Waals surface area contributed by atoms with Gasteiger partial charge < -0.3 is 24.6 Å². The molecule has 2 aromatic rings. The Morgan fingerprint density at radius 2 is 1.97 bits per heavy atom. The van der Waals surface area contributed by atoms with Crippen LogP contribution in [0.1, 0.15) is 71.8 Å². The van der Waals surface area contributed by atoms with Crippen molar-refractivity contribution in [3.8, 4) is 11.5 Å². The van der Waals surface area contributed by atoms with Crippen LogP contribution in [-0.4, -0.2) is 68.6 Å². The van der Waals surface area contributed by atoms with Crippen LogP contribution in [0.15, 0.2) is 29.6 Å². The van der Waals surface area contributed by atoms with Crippen molar-refractivity contribution >= 4 is 23.2 Å². The first-order valence-corrected chi connectivity index (χ1v) is 13.5. The molecule has 3 atom stereocenters. The number of likely N-dealkylation sites (tertiary alicyclic amines) is 1. The highest BCUT2D eigenvalue weighted by atomic mass is 32.1. The Morgan fingerprint density at radius 1 is 1.20 bits per heavy atom. The second-order valence-electron chi connectivity index (χ2n) is 9.39. The fraction of sp³-hybridized carbons (Fsp3) is 0.556. The summed E-state index contributed by atoms with van der Waals surface area (Å²) < 4.78 is 11.0. The lowest BCUT2D eigenvalue weighted by Gasteiger charge is -2.39. The van der Waals surface area contributed by atoms with Gasteiger partial charge in [-0.15, -0.1) is 11.3 Å². The molecule has 2 aliphatic heterocycles. The predicted molar refractivity (Wildman–Crippen MR) is 139 cm³/mol. The molecule has 1 fully saturated rings. The largest absolute Gasteiger partial charge is 0.493 e. The fourth-order valence-corrected chi connectivity index (χ4v) is 6.47. The number of ether oxygens (including phenoxy) is 2. The number of hydrogen-bond acceptors (Lipinski definition) is 6. The van der Waals surface area contributed by atoms with E-state index in [-0.39, 0.29) is 17.9 Å². The molecule has 1 aromatic heterocycles. The number of likely N-dealkylation sites (N-methyl/N-ethyl adjacent to an activating group) is 1. The number of rotatable bonds is 9. The van der Waals surface area contributed by atoms with E-state index in [9.17, 15) is 9.59 Å². The molecule has 0 saturated carbocycles. The van der Waals surface area contributed by atoms with Gasteiger partial charge in [0.2, 0.25) is 5.91 Å². The number of amides is 2. The molecule has 4 rings (SSSR count). The average Bonchev–Trinajstić information content (AvgIpc) is 3.42. The summed E-state index contributed by atoms with van der Waals surface area (Å²) in [5.74, 6) is 0.265. The lowest BCUT2D eigenvalue weighted by atomic mass is 9.81. The number of benzene rings is 1. The number of thiophene rings is 1. The maximum absolute atomic E-state index is 13.7. The van der Waals surface area contributed by atoms with Crippen LogP contribution in [0.4, 0.5) is 0 Å². The monoisotopic (exact) mass is 499 g/mol. The van der Waals surface area contributed by atoms with E-state index < -0.39 is 5.92 Å². The summed E-state index contributed by atoms with van der Waals surface area (Å²) in [6.45, 7) is 5.02. The van der Waals surface area contributed by atoms with Crippen LogP contribution in [0.3, 0.4) is 0 Å². The molecule has 3 heterocycles. The first kappa shape index (κ1) is 25.5. The number of nitrogens with zero attached hydrogens (tertiary/aromatic N) is 2. The molecule has 0 aliphatic carbocycles. The van der Waals surface area contributed by atoms with Crippen LogP contribution >= 0.6 is 11.3 Å². The van der Waals surface area contributed by atoms with Crippen LogP contribution in [0.5, 0.6) is 11.5 Å². The minimum Gasteiger partial charge on any atom is -0.493 e. The number of carbonyl (C=O) groups is 2. The SMILES string of the molecule is CCC1CCCCN1CCCNC(=O)C1c2cc(OC)c(OC)cc2C(=O)N(C)C1c1cccs1. The Labute approximate surface area is 212 Å². The molecular weight excluding hydrogens is 462 g/mol. The first-order valence-electron chi connectivity index (χ1n) is 12.6. The normalized spacial score (nSPS) is 22.6.